The molecule has 0 aliphatic carbocycles. The number of halogens is 2. The molecule has 0 saturated carbocycles. The number of nitrogens with zero attached hydrogens (tertiary/aromatic N) is 2. The standard InChI is InChI=1S/C17H15Cl2N3O2/c1-9-13-6-11(18)7-14(19)12(13)4-5-22(9)17(24)10-2-3-15(16(20)23)21-8-10/h2-3,6-9H,4-5H2,1H3,(H2,20,23)/t9-/m1/s1. The molecule has 3 rings (SSSR count). The van der Waals surface area contributed by atoms with Crippen molar-refractivity contribution in [3.05, 3.63) is 62.9 Å². The minimum absolute atomic E-state index is 0.127. The summed E-state index contributed by atoms with van der Waals surface area (Å²) in [5.74, 6) is -0.786. The summed E-state index contributed by atoms with van der Waals surface area (Å²) < 4.78 is 0. The quantitative estimate of drug-likeness (QED) is 0.889. The normalized spacial score (nSPS) is 16.6. The molecule has 2 aromatic rings. The van der Waals surface area contributed by atoms with Crippen molar-refractivity contribution in [1.82, 2.24) is 9.88 Å². The van der Waals surface area contributed by atoms with Gasteiger partial charge in [-0.2, -0.15) is 0 Å². The van der Waals surface area contributed by atoms with Crippen LogP contribution < -0.4 is 5.73 Å². The van der Waals surface area contributed by atoms with E-state index in [-0.39, 0.29) is 17.6 Å². The van der Waals surface area contributed by atoms with Crippen LogP contribution in [0.5, 0.6) is 0 Å². The molecule has 2 amide bonds. The molecule has 5 nitrogen and oxygen atoms in total. The van der Waals surface area contributed by atoms with Crippen LogP contribution in [0, 0.1) is 0 Å². The number of carbonyl (C=O) groups excluding carboxylic acids is 2. The highest BCUT2D eigenvalue weighted by atomic mass is 35.5. The Morgan fingerprint density at radius 1 is 1.29 bits per heavy atom. The van der Waals surface area contributed by atoms with E-state index in [4.69, 9.17) is 28.9 Å². The monoisotopic (exact) mass is 363 g/mol. The van der Waals surface area contributed by atoms with Gasteiger partial charge in [0.1, 0.15) is 5.69 Å². The fourth-order valence-corrected chi connectivity index (χ4v) is 3.57. The Morgan fingerprint density at radius 3 is 2.67 bits per heavy atom. The average Bonchev–Trinajstić information content (AvgIpc) is 2.55. The van der Waals surface area contributed by atoms with Crippen molar-refractivity contribution in [3.8, 4) is 0 Å². The number of primary amides is 1. The largest absolute Gasteiger partial charge is 0.364 e. The number of rotatable bonds is 2. The highest BCUT2D eigenvalue weighted by Crippen LogP contribution is 2.36. The van der Waals surface area contributed by atoms with E-state index in [1.54, 1.807) is 17.0 Å². The van der Waals surface area contributed by atoms with Crippen molar-refractivity contribution >= 4 is 35.0 Å². The SMILES string of the molecule is C[C@@H]1c2cc(Cl)cc(Cl)c2CCN1C(=O)c1ccc(C(N)=O)nc1. The molecule has 0 bridgehead atoms. The number of amides is 2. The molecule has 1 atom stereocenters. The van der Waals surface area contributed by atoms with Gasteiger partial charge < -0.3 is 10.6 Å². The molecule has 2 heterocycles. The Bertz CT molecular complexity index is 821. The maximum Gasteiger partial charge on any atom is 0.267 e. The third-order valence-electron chi connectivity index (χ3n) is 4.24. The predicted molar refractivity (Wildman–Crippen MR) is 92.4 cm³/mol. The molecule has 7 heteroatoms. The van der Waals surface area contributed by atoms with Gasteiger partial charge in [0.25, 0.3) is 11.8 Å². The Balaban J connectivity index is 1.90. The third kappa shape index (κ3) is 2.97. The second-order valence-electron chi connectivity index (χ2n) is 5.68. The van der Waals surface area contributed by atoms with Crippen LogP contribution in [-0.4, -0.2) is 28.2 Å². The van der Waals surface area contributed by atoms with Crippen LogP contribution in [0.25, 0.3) is 0 Å². The predicted octanol–water partition coefficient (Wildman–Crippen LogP) is 3.25. The number of hydrogen-bond acceptors (Lipinski definition) is 3. The Hall–Kier alpha value is -2.11. The molecule has 1 aromatic carbocycles. The molecule has 1 aliphatic rings. The number of benzene rings is 1. The fraction of sp³-hybridized carbons (Fsp3) is 0.235. The molecule has 1 aromatic heterocycles. The van der Waals surface area contributed by atoms with Crippen molar-refractivity contribution in [2.24, 2.45) is 5.73 Å². The van der Waals surface area contributed by atoms with Gasteiger partial charge in [-0.3, -0.25) is 14.6 Å². The number of hydrogen-bond donors (Lipinski definition) is 1. The van der Waals surface area contributed by atoms with Crippen molar-refractivity contribution < 1.29 is 9.59 Å². The number of nitrogens with two attached hydrogens (primary N) is 1. The fourth-order valence-electron chi connectivity index (χ4n) is 2.96. The molecule has 124 valence electrons. The molecular weight excluding hydrogens is 349 g/mol. The van der Waals surface area contributed by atoms with Crippen LogP contribution in [0.3, 0.4) is 0 Å². The number of aromatic nitrogens is 1. The smallest absolute Gasteiger partial charge is 0.267 e. The average molecular weight is 364 g/mol. The highest BCUT2D eigenvalue weighted by Gasteiger charge is 2.30. The van der Waals surface area contributed by atoms with Gasteiger partial charge in [-0.15, -0.1) is 0 Å². The van der Waals surface area contributed by atoms with Crippen LogP contribution in [0.1, 0.15) is 44.9 Å². The zero-order chi connectivity index (χ0) is 17.4. The van der Waals surface area contributed by atoms with Crippen molar-refractivity contribution in [2.75, 3.05) is 6.54 Å². The lowest BCUT2D eigenvalue weighted by Crippen LogP contribution is -2.39. The van der Waals surface area contributed by atoms with Gasteiger partial charge in [-0.05, 0) is 48.7 Å². The molecule has 2 N–H and O–H groups in total. The van der Waals surface area contributed by atoms with E-state index in [2.05, 4.69) is 4.98 Å². The highest BCUT2D eigenvalue weighted by molar-refractivity contribution is 6.35. The maximum atomic E-state index is 12.8. The van der Waals surface area contributed by atoms with Crippen molar-refractivity contribution in [2.45, 2.75) is 19.4 Å². The first-order chi connectivity index (χ1) is 11.4. The van der Waals surface area contributed by atoms with E-state index in [9.17, 15) is 9.59 Å². The molecule has 0 spiro atoms. The van der Waals surface area contributed by atoms with Crippen molar-refractivity contribution in [3.63, 3.8) is 0 Å². The Morgan fingerprint density at radius 2 is 2.04 bits per heavy atom. The zero-order valence-electron chi connectivity index (χ0n) is 12.9. The minimum atomic E-state index is -0.626. The second kappa shape index (κ2) is 6.42. The van der Waals surface area contributed by atoms with E-state index in [1.165, 1.54) is 12.3 Å². The van der Waals surface area contributed by atoms with Crippen LogP contribution >= 0.6 is 23.2 Å². The van der Waals surface area contributed by atoms with E-state index in [0.29, 0.717) is 28.6 Å². The Kier molecular flexibility index (Phi) is 4.47. The summed E-state index contributed by atoms with van der Waals surface area (Å²) in [5, 5.41) is 1.18. The summed E-state index contributed by atoms with van der Waals surface area (Å²) in [5.41, 5.74) is 7.68. The molecule has 0 saturated heterocycles. The zero-order valence-corrected chi connectivity index (χ0v) is 14.4. The topological polar surface area (TPSA) is 76.3 Å². The van der Waals surface area contributed by atoms with Crippen molar-refractivity contribution in [1.29, 1.82) is 0 Å². The summed E-state index contributed by atoms with van der Waals surface area (Å²) in [6, 6.07) is 6.42. The van der Waals surface area contributed by atoms with Crippen LogP contribution in [0.4, 0.5) is 0 Å². The summed E-state index contributed by atoms with van der Waals surface area (Å²) in [6.45, 7) is 2.49. The van der Waals surface area contributed by atoms with Gasteiger partial charge in [0.2, 0.25) is 0 Å². The van der Waals surface area contributed by atoms with Crippen LogP contribution in [0.2, 0.25) is 10.0 Å². The van der Waals surface area contributed by atoms with Gasteiger partial charge >= 0.3 is 0 Å². The lowest BCUT2D eigenvalue weighted by atomic mass is 9.93. The molecular formula is C17H15Cl2N3O2. The summed E-state index contributed by atoms with van der Waals surface area (Å²) in [4.78, 5) is 29.5. The number of pyridine rings is 1. The molecule has 0 unspecified atom stereocenters. The second-order valence-corrected chi connectivity index (χ2v) is 6.52. The molecule has 0 fully saturated rings. The first-order valence-electron chi connectivity index (χ1n) is 7.43. The van der Waals surface area contributed by atoms with Gasteiger partial charge in [0.15, 0.2) is 0 Å². The lowest BCUT2D eigenvalue weighted by Gasteiger charge is -2.36. The minimum Gasteiger partial charge on any atom is -0.364 e. The molecule has 0 radical (unpaired) electrons. The number of carbonyl (C=O) groups is 2. The Labute approximate surface area is 149 Å². The lowest BCUT2D eigenvalue weighted by molar-refractivity contribution is 0.0676. The summed E-state index contributed by atoms with van der Waals surface area (Å²) in [7, 11) is 0. The molecule has 1 aliphatic heterocycles. The summed E-state index contributed by atoms with van der Waals surface area (Å²) >= 11 is 12.4. The van der Waals surface area contributed by atoms with Gasteiger partial charge in [0.05, 0.1) is 11.6 Å². The van der Waals surface area contributed by atoms with E-state index < -0.39 is 5.91 Å². The maximum absolute atomic E-state index is 12.8. The van der Waals surface area contributed by atoms with E-state index in [1.807, 2.05) is 13.0 Å². The first kappa shape index (κ1) is 16.7. The number of fused-ring (bicyclic) bond motifs is 1. The van der Waals surface area contributed by atoms with E-state index >= 15 is 0 Å². The third-order valence-corrected chi connectivity index (χ3v) is 4.79. The van der Waals surface area contributed by atoms with Gasteiger partial charge in [-0.1, -0.05) is 23.2 Å². The van der Waals surface area contributed by atoms with E-state index in [0.717, 1.165) is 11.1 Å². The van der Waals surface area contributed by atoms with Crippen LogP contribution in [0.15, 0.2) is 30.5 Å². The van der Waals surface area contributed by atoms with Gasteiger partial charge in [0, 0.05) is 22.8 Å². The van der Waals surface area contributed by atoms with Gasteiger partial charge in [-0.25, -0.2) is 0 Å². The molecule has 24 heavy (non-hydrogen) atoms. The first-order valence-corrected chi connectivity index (χ1v) is 8.18. The summed E-state index contributed by atoms with van der Waals surface area (Å²) in [6.07, 6.45) is 2.03. The van der Waals surface area contributed by atoms with Crippen LogP contribution in [-0.2, 0) is 6.42 Å².